The number of carbonyl (C=O) groups excluding carboxylic acids is 2. The Kier molecular flexibility index (Phi) is 5.97. The topological polar surface area (TPSA) is 55.4 Å². The lowest BCUT2D eigenvalue weighted by Crippen LogP contribution is -2.11. The summed E-state index contributed by atoms with van der Waals surface area (Å²) in [5.74, 6) is -0.392. The van der Waals surface area contributed by atoms with Crippen LogP contribution in [0.25, 0.3) is 0 Å². The summed E-state index contributed by atoms with van der Waals surface area (Å²) in [6.45, 7) is 8.23. The van der Waals surface area contributed by atoms with Crippen molar-refractivity contribution in [1.82, 2.24) is 0 Å². The smallest absolute Gasteiger partial charge is 0.310 e. The molecule has 0 aromatic heterocycles. The zero-order valence-corrected chi connectivity index (χ0v) is 15.3. The molecule has 1 N–H and O–H groups in total. The van der Waals surface area contributed by atoms with Gasteiger partial charge in [-0.2, -0.15) is 0 Å². The molecule has 4 heteroatoms. The average molecular weight is 339 g/mol. The van der Waals surface area contributed by atoms with E-state index in [2.05, 4.69) is 38.2 Å². The molecule has 4 nitrogen and oxygen atoms in total. The second-order valence-electron chi connectivity index (χ2n) is 7.16. The zero-order chi connectivity index (χ0) is 18.4. The Labute approximate surface area is 149 Å². The summed E-state index contributed by atoms with van der Waals surface area (Å²) in [6, 6.07) is 15.3. The SMILES string of the molecule is CC(=O)Nc1ccc(CC(=O)OCc2ccc(C(C)(C)C)cc2)cc1. The van der Waals surface area contributed by atoms with E-state index in [0.29, 0.717) is 5.69 Å². The normalized spacial score (nSPS) is 11.0. The first-order valence-electron chi connectivity index (χ1n) is 8.35. The van der Waals surface area contributed by atoms with E-state index in [9.17, 15) is 9.59 Å². The van der Waals surface area contributed by atoms with Crippen LogP contribution >= 0.6 is 0 Å². The van der Waals surface area contributed by atoms with Crippen molar-refractivity contribution in [3.8, 4) is 0 Å². The number of nitrogens with one attached hydrogen (secondary N) is 1. The van der Waals surface area contributed by atoms with E-state index in [4.69, 9.17) is 4.74 Å². The predicted molar refractivity (Wildman–Crippen MR) is 99.4 cm³/mol. The van der Waals surface area contributed by atoms with Crippen molar-refractivity contribution in [3.63, 3.8) is 0 Å². The van der Waals surface area contributed by atoms with Crippen LogP contribution in [0.3, 0.4) is 0 Å². The summed E-state index contributed by atoms with van der Waals surface area (Å²) in [5.41, 5.74) is 3.90. The fourth-order valence-corrected chi connectivity index (χ4v) is 2.39. The van der Waals surface area contributed by atoms with Crippen molar-refractivity contribution in [2.24, 2.45) is 0 Å². The van der Waals surface area contributed by atoms with Gasteiger partial charge in [0.05, 0.1) is 6.42 Å². The molecule has 0 fully saturated rings. The maximum Gasteiger partial charge on any atom is 0.310 e. The molecule has 2 rings (SSSR count). The second kappa shape index (κ2) is 7.97. The first-order chi connectivity index (χ1) is 11.7. The van der Waals surface area contributed by atoms with Crippen LogP contribution in [-0.4, -0.2) is 11.9 Å². The number of hydrogen-bond acceptors (Lipinski definition) is 3. The number of carbonyl (C=O) groups is 2. The van der Waals surface area contributed by atoms with E-state index < -0.39 is 0 Å². The van der Waals surface area contributed by atoms with Crippen LogP contribution in [0, 0.1) is 0 Å². The van der Waals surface area contributed by atoms with E-state index in [-0.39, 0.29) is 30.3 Å². The summed E-state index contributed by atoms with van der Waals surface area (Å²) < 4.78 is 5.34. The minimum Gasteiger partial charge on any atom is -0.461 e. The summed E-state index contributed by atoms with van der Waals surface area (Å²) in [5, 5.41) is 2.69. The van der Waals surface area contributed by atoms with Gasteiger partial charge in [0.2, 0.25) is 5.91 Å². The zero-order valence-electron chi connectivity index (χ0n) is 15.3. The van der Waals surface area contributed by atoms with Gasteiger partial charge in [-0.25, -0.2) is 0 Å². The maximum absolute atomic E-state index is 12.0. The van der Waals surface area contributed by atoms with E-state index in [1.807, 2.05) is 24.3 Å². The number of rotatable bonds is 5. The lowest BCUT2D eigenvalue weighted by atomic mass is 9.87. The highest BCUT2D eigenvalue weighted by Crippen LogP contribution is 2.22. The molecule has 0 aliphatic carbocycles. The Morgan fingerprint density at radius 3 is 2.00 bits per heavy atom. The van der Waals surface area contributed by atoms with Gasteiger partial charge in [-0.15, -0.1) is 0 Å². The van der Waals surface area contributed by atoms with Gasteiger partial charge in [0.15, 0.2) is 0 Å². The third-order valence-electron chi connectivity index (χ3n) is 3.84. The molecule has 0 spiro atoms. The number of ether oxygens (including phenoxy) is 1. The van der Waals surface area contributed by atoms with Crippen molar-refractivity contribution in [3.05, 3.63) is 65.2 Å². The average Bonchev–Trinajstić information content (AvgIpc) is 2.54. The fourth-order valence-electron chi connectivity index (χ4n) is 2.39. The first kappa shape index (κ1) is 18.7. The second-order valence-corrected chi connectivity index (χ2v) is 7.16. The molecule has 1 amide bonds. The summed E-state index contributed by atoms with van der Waals surface area (Å²) in [6.07, 6.45) is 0.209. The first-order valence-corrected chi connectivity index (χ1v) is 8.35. The minimum atomic E-state index is -0.271. The fraction of sp³-hybridized carbons (Fsp3) is 0.333. The molecule has 132 valence electrons. The third-order valence-corrected chi connectivity index (χ3v) is 3.84. The standard InChI is InChI=1S/C21H25NO3/c1-15(23)22-19-11-7-16(8-12-19)13-20(24)25-14-17-5-9-18(10-6-17)21(2,3)4/h5-12H,13-14H2,1-4H3,(H,22,23). The highest BCUT2D eigenvalue weighted by Gasteiger charge is 2.13. The third kappa shape index (κ3) is 6.07. The minimum absolute atomic E-state index is 0.110. The maximum atomic E-state index is 12.0. The van der Waals surface area contributed by atoms with E-state index in [1.165, 1.54) is 12.5 Å². The van der Waals surface area contributed by atoms with Crippen LogP contribution in [-0.2, 0) is 32.8 Å². The van der Waals surface area contributed by atoms with Crippen LogP contribution in [0.4, 0.5) is 5.69 Å². The van der Waals surface area contributed by atoms with E-state index in [1.54, 1.807) is 12.1 Å². The Bertz CT molecular complexity index is 725. The van der Waals surface area contributed by atoms with E-state index >= 15 is 0 Å². The highest BCUT2D eigenvalue weighted by molar-refractivity contribution is 5.88. The quantitative estimate of drug-likeness (QED) is 0.830. The van der Waals surface area contributed by atoms with Crippen LogP contribution in [0.1, 0.15) is 44.4 Å². The Morgan fingerprint density at radius 1 is 0.920 bits per heavy atom. The van der Waals surface area contributed by atoms with Crippen molar-refractivity contribution in [2.75, 3.05) is 5.32 Å². The van der Waals surface area contributed by atoms with Gasteiger partial charge < -0.3 is 10.1 Å². The van der Waals surface area contributed by atoms with Gasteiger partial charge in [-0.1, -0.05) is 57.2 Å². The summed E-state index contributed by atoms with van der Waals surface area (Å²) in [4.78, 5) is 23.0. The molecule has 2 aromatic carbocycles. The van der Waals surface area contributed by atoms with Gasteiger partial charge in [-0.3, -0.25) is 9.59 Å². The van der Waals surface area contributed by atoms with Crippen molar-refractivity contribution < 1.29 is 14.3 Å². The Balaban J connectivity index is 1.85. The van der Waals surface area contributed by atoms with E-state index in [0.717, 1.165) is 11.1 Å². The molecular formula is C21H25NO3. The van der Waals surface area contributed by atoms with Gasteiger partial charge in [0, 0.05) is 12.6 Å². The number of esters is 1. The molecule has 0 saturated heterocycles. The molecule has 0 saturated carbocycles. The molecule has 0 atom stereocenters. The molecule has 0 unspecified atom stereocenters. The number of amides is 1. The monoisotopic (exact) mass is 339 g/mol. The van der Waals surface area contributed by atoms with Crippen LogP contribution < -0.4 is 5.32 Å². The molecule has 0 bridgehead atoms. The lowest BCUT2D eigenvalue weighted by molar-refractivity contribution is -0.144. The van der Waals surface area contributed by atoms with Gasteiger partial charge in [0.25, 0.3) is 0 Å². The van der Waals surface area contributed by atoms with Crippen LogP contribution in [0.5, 0.6) is 0 Å². The number of benzene rings is 2. The molecular weight excluding hydrogens is 314 g/mol. The molecule has 2 aromatic rings. The largest absolute Gasteiger partial charge is 0.461 e. The Hall–Kier alpha value is -2.62. The number of hydrogen-bond donors (Lipinski definition) is 1. The predicted octanol–water partition coefficient (Wildman–Crippen LogP) is 4.23. The van der Waals surface area contributed by atoms with Gasteiger partial charge >= 0.3 is 5.97 Å². The van der Waals surface area contributed by atoms with Crippen molar-refractivity contribution in [2.45, 2.75) is 46.1 Å². The van der Waals surface area contributed by atoms with Crippen LogP contribution in [0.2, 0.25) is 0 Å². The molecule has 0 aliphatic rings. The number of anilines is 1. The molecule has 0 aliphatic heterocycles. The summed E-state index contributed by atoms with van der Waals surface area (Å²) in [7, 11) is 0. The lowest BCUT2D eigenvalue weighted by Gasteiger charge is -2.19. The Morgan fingerprint density at radius 2 is 1.48 bits per heavy atom. The highest BCUT2D eigenvalue weighted by atomic mass is 16.5. The molecule has 0 heterocycles. The van der Waals surface area contributed by atoms with Gasteiger partial charge in [-0.05, 0) is 34.2 Å². The molecule has 0 radical (unpaired) electrons. The van der Waals surface area contributed by atoms with Crippen LogP contribution in [0.15, 0.2) is 48.5 Å². The van der Waals surface area contributed by atoms with Gasteiger partial charge in [0.1, 0.15) is 6.61 Å². The van der Waals surface area contributed by atoms with Crippen molar-refractivity contribution >= 4 is 17.6 Å². The summed E-state index contributed by atoms with van der Waals surface area (Å²) >= 11 is 0. The molecule has 25 heavy (non-hydrogen) atoms. The van der Waals surface area contributed by atoms with Crippen molar-refractivity contribution in [1.29, 1.82) is 0 Å².